The molecule has 106 valence electrons. The lowest BCUT2D eigenvalue weighted by Gasteiger charge is -2.08. The molecule has 0 amide bonds. The summed E-state index contributed by atoms with van der Waals surface area (Å²) < 4.78 is 9.98. The highest BCUT2D eigenvalue weighted by atomic mass is 32.1. The monoisotopic (exact) mass is 286 g/mol. The molecule has 1 aromatic heterocycles. The first kappa shape index (κ1) is 15.6. The number of carbonyl (C=O) groups excluding carboxylic acids is 2. The van der Waals surface area contributed by atoms with Crippen molar-refractivity contribution in [3.8, 4) is 0 Å². The number of hydrogen-bond acceptors (Lipinski definition) is 7. The number of esters is 1. The molecule has 1 N–H and O–H groups in total. The summed E-state index contributed by atoms with van der Waals surface area (Å²) in [5.41, 5.74) is 0.0759. The van der Waals surface area contributed by atoms with Crippen molar-refractivity contribution in [1.29, 1.82) is 0 Å². The van der Waals surface area contributed by atoms with Crippen molar-refractivity contribution in [2.75, 3.05) is 25.6 Å². The average Bonchev–Trinajstić information content (AvgIpc) is 2.80. The molecule has 0 aliphatic carbocycles. The van der Waals surface area contributed by atoms with Gasteiger partial charge in [-0.3, -0.25) is 4.79 Å². The van der Waals surface area contributed by atoms with Gasteiger partial charge in [0.1, 0.15) is 4.88 Å². The summed E-state index contributed by atoms with van der Waals surface area (Å²) in [6.45, 7) is 5.80. The van der Waals surface area contributed by atoms with Crippen molar-refractivity contribution in [3.05, 3.63) is 10.6 Å². The maximum absolute atomic E-state index is 11.7. The number of ketones is 1. The molecular formula is C12H18N2O4S. The van der Waals surface area contributed by atoms with Gasteiger partial charge in [-0.15, -0.1) is 0 Å². The van der Waals surface area contributed by atoms with E-state index in [0.29, 0.717) is 16.6 Å². The Balaban J connectivity index is 2.88. The second-order valence-electron chi connectivity index (χ2n) is 3.90. The molecule has 0 saturated carbocycles. The summed E-state index contributed by atoms with van der Waals surface area (Å²) in [6, 6.07) is 0. The molecule has 1 atom stereocenters. The molecule has 0 radical (unpaired) electrons. The topological polar surface area (TPSA) is 77.5 Å². The molecule has 0 aliphatic heterocycles. The van der Waals surface area contributed by atoms with Gasteiger partial charge in [-0.2, -0.15) is 0 Å². The Morgan fingerprint density at radius 1 is 1.47 bits per heavy atom. The number of nitrogens with one attached hydrogen (secondary N) is 1. The van der Waals surface area contributed by atoms with Crippen LogP contribution < -0.4 is 5.32 Å². The Bertz CT molecular complexity index is 459. The average molecular weight is 286 g/mol. The van der Waals surface area contributed by atoms with Crippen molar-refractivity contribution in [2.24, 2.45) is 0 Å². The van der Waals surface area contributed by atoms with Crippen LogP contribution in [0.4, 0.5) is 5.13 Å². The smallest absolute Gasteiger partial charge is 0.358 e. The van der Waals surface area contributed by atoms with Gasteiger partial charge in [0.15, 0.2) is 16.6 Å². The van der Waals surface area contributed by atoms with Crippen LogP contribution in [0.3, 0.4) is 0 Å². The maximum Gasteiger partial charge on any atom is 0.358 e. The molecule has 1 unspecified atom stereocenters. The van der Waals surface area contributed by atoms with Gasteiger partial charge < -0.3 is 14.8 Å². The van der Waals surface area contributed by atoms with Crippen molar-refractivity contribution in [2.45, 2.75) is 26.9 Å². The molecule has 0 saturated heterocycles. The van der Waals surface area contributed by atoms with Crippen molar-refractivity contribution < 1.29 is 19.1 Å². The number of anilines is 1. The van der Waals surface area contributed by atoms with Crippen LogP contribution in [0, 0.1) is 0 Å². The van der Waals surface area contributed by atoms with Gasteiger partial charge in [0, 0.05) is 20.6 Å². The second-order valence-corrected chi connectivity index (χ2v) is 4.90. The second kappa shape index (κ2) is 7.20. The van der Waals surface area contributed by atoms with Gasteiger partial charge in [0.05, 0.1) is 12.7 Å². The molecule has 1 aromatic rings. The molecule has 0 spiro atoms. The summed E-state index contributed by atoms with van der Waals surface area (Å²) in [7, 11) is 1.61. The Morgan fingerprint density at radius 3 is 2.68 bits per heavy atom. The Hall–Kier alpha value is -1.47. The van der Waals surface area contributed by atoms with E-state index in [0.717, 1.165) is 11.3 Å². The number of nitrogens with zero attached hydrogens (tertiary/aromatic N) is 1. The highest BCUT2D eigenvalue weighted by Crippen LogP contribution is 2.24. The van der Waals surface area contributed by atoms with Crippen LogP contribution in [-0.2, 0) is 9.47 Å². The first-order valence-corrected chi connectivity index (χ1v) is 6.76. The number of methoxy groups -OCH3 is 1. The molecular weight excluding hydrogens is 268 g/mol. The molecule has 0 bridgehead atoms. The van der Waals surface area contributed by atoms with Crippen molar-refractivity contribution >= 4 is 28.2 Å². The van der Waals surface area contributed by atoms with Crippen LogP contribution in [0.1, 0.15) is 40.9 Å². The standard InChI is InChI=1S/C12H18N2O4S/c1-5-18-11(16)9-10(8(3)15)19-12(14-9)13-6-7(2)17-4/h7H,5-6H2,1-4H3,(H,13,14). The summed E-state index contributed by atoms with van der Waals surface area (Å²) in [6.07, 6.45) is 0.00993. The van der Waals surface area contributed by atoms with Crippen LogP contribution >= 0.6 is 11.3 Å². The van der Waals surface area contributed by atoms with Gasteiger partial charge in [-0.05, 0) is 13.8 Å². The number of rotatable bonds is 7. The Morgan fingerprint density at radius 2 is 2.16 bits per heavy atom. The van der Waals surface area contributed by atoms with E-state index in [1.54, 1.807) is 14.0 Å². The number of ether oxygens (including phenoxy) is 2. The normalized spacial score (nSPS) is 12.0. The molecule has 7 heteroatoms. The van der Waals surface area contributed by atoms with E-state index in [4.69, 9.17) is 9.47 Å². The minimum absolute atomic E-state index is 0.00993. The minimum Gasteiger partial charge on any atom is -0.461 e. The predicted octanol–water partition coefficient (Wildman–Crippen LogP) is 1.97. The fraction of sp³-hybridized carbons (Fsp3) is 0.583. The van der Waals surface area contributed by atoms with E-state index in [-0.39, 0.29) is 24.2 Å². The highest BCUT2D eigenvalue weighted by molar-refractivity contribution is 7.17. The van der Waals surface area contributed by atoms with Crippen molar-refractivity contribution in [3.63, 3.8) is 0 Å². The van der Waals surface area contributed by atoms with E-state index in [9.17, 15) is 9.59 Å². The third-order valence-corrected chi connectivity index (χ3v) is 3.47. The van der Waals surface area contributed by atoms with E-state index < -0.39 is 5.97 Å². The number of thiazole rings is 1. The molecule has 1 heterocycles. The minimum atomic E-state index is -0.572. The molecule has 0 aromatic carbocycles. The third kappa shape index (κ3) is 4.29. The summed E-state index contributed by atoms with van der Waals surface area (Å²) in [5.74, 6) is -0.773. The summed E-state index contributed by atoms with van der Waals surface area (Å²) >= 11 is 1.15. The van der Waals surface area contributed by atoms with Crippen LogP contribution in [0.5, 0.6) is 0 Å². The fourth-order valence-electron chi connectivity index (χ4n) is 1.29. The molecule has 19 heavy (non-hydrogen) atoms. The molecule has 0 aliphatic rings. The van der Waals surface area contributed by atoms with Gasteiger partial charge in [-0.1, -0.05) is 11.3 Å². The fourth-order valence-corrected chi connectivity index (χ4v) is 2.14. The van der Waals surface area contributed by atoms with E-state index in [2.05, 4.69) is 10.3 Å². The van der Waals surface area contributed by atoms with Crippen LogP contribution in [0.25, 0.3) is 0 Å². The summed E-state index contributed by atoms with van der Waals surface area (Å²) in [4.78, 5) is 27.6. The first-order chi connectivity index (χ1) is 8.99. The lowest BCUT2D eigenvalue weighted by Crippen LogP contribution is -2.18. The Labute approximate surface area is 116 Å². The van der Waals surface area contributed by atoms with Gasteiger partial charge in [0.2, 0.25) is 0 Å². The summed E-state index contributed by atoms with van der Waals surface area (Å²) in [5, 5.41) is 3.54. The number of Topliss-reactive ketones (excluding diaryl/α,β-unsaturated/α-hetero) is 1. The quantitative estimate of drug-likeness (QED) is 0.610. The Kier molecular flexibility index (Phi) is 5.91. The molecule has 1 rings (SSSR count). The van der Waals surface area contributed by atoms with E-state index in [1.165, 1.54) is 6.92 Å². The van der Waals surface area contributed by atoms with Gasteiger partial charge in [0.25, 0.3) is 0 Å². The lowest BCUT2D eigenvalue weighted by atomic mass is 10.3. The largest absolute Gasteiger partial charge is 0.461 e. The van der Waals surface area contributed by atoms with E-state index in [1.807, 2.05) is 6.92 Å². The molecule has 0 fully saturated rings. The predicted molar refractivity (Wildman–Crippen MR) is 73.0 cm³/mol. The first-order valence-electron chi connectivity index (χ1n) is 5.95. The zero-order valence-corrected chi connectivity index (χ0v) is 12.3. The number of hydrogen-bond donors (Lipinski definition) is 1. The zero-order valence-electron chi connectivity index (χ0n) is 11.5. The number of aromatic nitrogens is 1. The van der Waals surface area contributed by atoms with Crippen molar-refractivity contribution in [1.82, 2.24) is 4.98 Å². The zero-order chi connectivity index (χ0) is 14.4. The van der Waals surface area contributed by atoms with Gasteiger partial charge >= 0.3 is 5.97 Å². The maximum atomic E-state index is 11.7. The van der Waals surface area contributed by atoms with Crippen LogP contribution in [-0.4, -0.2) is 43.1 Å². The van der Waals surface area contributed by atoms with Crippen LogP contribution in [0.2, 0.25) is 0 Å². The van der Waals surface area contributed by atoms with E-state index >= 15 is 0 Å². The van der Waals surface area contributed by atoms with Crippen LogP contribution in [0.15, 0.2) is 0 Å². The lowest BCUT2D eigenvalue weighted by molar-refractivity contribution is 0.0517. The highest BCUT2D eigenvalue weighted by Gasteiger charge is 2.22. The molecule has 6 nitrogen and oxygen atoms in total. The number of carbonyl (C=O) groups is 2. The SMILES string of the molecule is CCOC(=O)c1nc(NCC(C)OC)sc1C(C)=O. The third-order valence-electron chi connectivity index (χ3n) is 2.36. The van der Waals surface area contributed by atoms with Gasteiger partial charge in [-0.25, -0.2) is 9.78 Å².